The summed E-state index contributed by atoms with van der Waals surface area (Å²) >= 11 is 5.53. The fourth-order valence-corrected chi connectivity index (χ4v) is 3.09. The first-order valence-corrected chi connectivity index (χ1v) is 7.86. The van der Waals surface area contributed by atoms with Crippen LogP contribution in [0.2, 0.25) is 0 Å². The number of thiocarbonyl (C=S) groups is 1. The molecule has 4 heteroatoms. The predicted molar refractivity (Wildman–Crippen MR) is 86.6 cm³/mol. The van der Waals surface area contributed by atoms with Crippen molar-refractivity contribution in [3.63, 3.8) is 0 Å². The molecule has 20 heavy (non-hydrogen) atoms. The van der Waals surface area contributed by atoms with Gasteiger partial charge in [-0.3, -0.25) is 0 Å². The molecule has 1 heterocycles. The first kappa shape index (κ1) is 15.2. The summed E-state index contributed by atoms with van der Waals surface area (Å²) in [6, 6.07) is 5.68. The van der Waals surface area contributed by atoms with E-state index >= 15 is 0 Å². The maximum atomic E-state index is 13.6. The smallest absolute Gasteiger partial charge is 0.173 e. The van der Waals surface area contributed by atoms with Crippen LogP contribution in [-0.4, -0.2) is 22.6 Å². The van der Waals surface area contributed by atoms with Crippen LogP contribution in [-0.2, 0) is 0 Å². The Morgan fingerprint density at radius 1 is 1.40 bits per heavy atom. The van der Waals surface area contributed by atoms with Gasteiger partial charge in [-0.15, -0.1) is 0 Å². The Morgan fingerprint density at radius 3 is 2.90 bits per heavy atom. The second-order valence-corrected chi connectivity index (χ2v) is 5.89. The molecule has 1 aromatic rings. The minimum Gasteiger partial charge on any atom is -0.346 e. The third-order valence-electron chi connectivity index (χ3n) is 4.03. The number of hydrogen-bond acceptors (Lipinski definition) is 1. The Balaban J connectivity index is 2.07. The molecular formula is C16H23FN2S. The van der Waals surface area contributed by atoms with Gasteiger partial charge < -0.3 is 10.2 Å². The SMILES string of the molecule is CCC1CCCCCN1C(=S)Nc1ccc(C)c(F)c1. The summed E-state index contributed by atoms with van der Waals surface area (Å²) in [6.07, 6.45) is 6.02. The van der Waals surface area contributed by atoms with Crippen LogP contribution >= 0.6 is 12.2 Å². The second-order valence-electron chi connectivity index (χ2n) is 5.50. The van der Waals surface area contributed by atoms with Crippen molar-refractivity contribution < 1.29 is 4.39 Å². The lowest BCUT2D eigenvalue weighted by Crippen LogP contribution is -2.42. The van der Waals surface area contributed by atoms with E-state index in [-0.39, 0.29) is 5.82 Å². The molecule has 0 saturated carbocycles. The molecule has 1 saturated heterocycles. The number of benzene rings is 1. The molecule has 1 aliphatic rings. The average Bonchev–Trinajstić information content (AvgIpc) is 2.68. The van der Waals surface area contributed by atoms with Gasteiger partial charge in [0.05, 0.1) is 0 Å². The Morgan fingerprint density at radius 2 is 2.20 bits per heavy atom. The Bertz CT molecular complexity index is 476. The Hall–Kier alpha value is -1.16. The van der Waals surface area contributed by atoms with Crippen molar-refractivity contribution in [3.05, 3.63) is 29.6 Å². The maximum Gasteiger partial charge on any atom is 0.173 e. The molecule has 2 nitrogen and oxygen atoms in total. The van der Waals surface area contributed by atoms with Gasteiger partial charge >= 0.3 is 0 Å². The average molecular weight is 294 g/mol. The maximum absolute atomic E-state index is 13.6. The van der Waals surface area contributed by atoms with Crippen LogP contribution in [0.4, 0.5) is 10.1 Å². The number of aryl methyl sites for hydroxylation is 1. The fraction of sp³-hybridized carbons (Fsp3) is 0.562. The molecular weight excluding hydrogens is 271 g/mol. The monoisotopic (exact) mass is 294 g/mol. The number of nitrogens with zero attached hydrogens (tertiary/aromatic N) is 1. The van der Waals surface area contributed by atoms with Crippen molar-refractivity contribution in [1.29, 1.82) is 0 Å². The largest absolute Gasteiger partial charge is 0.346 e. The van der Waals surface area contributed by atoms with Crippen molar-refractivity contribution in [2.24, 2.45) is 0 Å². The number of likely N-dealkylation sites (tertiary alicyclic amines) is 1. The molecule has 0 spiro atoms. The quantitative estimate of drug-likeness (QED) is 0.809. The van der Waals surface area contributed by atoms with Gasteiger partial charge in [0, 0.05) is 18.3 Å². The molecule has 2 rings (SSSR count). The topological polar surface area (TPSA) is 15.3 Å². The summed E-state index contributed by atoms with van der Waals surface area (Å²) < 4.78 is 13.6. The van der Waals surface area contributed by atoms with Gasteiger partial charge in [-0.1, -0.05) is 25.8 Å². The van der Waals surface area contributed by atoms with Crippen LogP contribution < -0.4 is 5.32 Å². The van der Waals surface area contributed by atoms with Gasteiger partial charge in [0.1, 0.15) is 5.82 Å². The molecule has 0 aliphatic carbocycles. The van der Waals surface area contributed by atoms with Gasteiger partial charge in [-0.05, 0) is 56.1 Å². The standard InChI is InChI=1S/C16H23FN2S/c1-3-14-7-5-4-6-10-19(14)16(20)18-13-9-8-12(2)15(17)11-13/h8-9,11,14H,3-7,10H2,1-2H3,(H,18,20). The third kappa shape index (κ3) is 3.69. The van der Waals surface area contributed by atoms with Crippen LogP contribution in [0.15, 0.2) is 18.2 Å². The zero-order valence-electron chi connectivity index (χ0n) is 12.3. The van der Waals surface area contributed by atoms with E-state index in [0.29, 0.717) is 11.6 Å². The number of halogens is 1. The summed E-state index contributed by atoms with van der Waals surface area (Å²) in [6.45, 7) is 4.97. The summed E-state index contributed by atoms with van der Waals surface area (Å²) in [5.74, 6) is -0.194. The minimum atomic E-state index is -0.194. The molecule has 0 amide bonds. The zero-order valence-corrected chi connectivity index (χ0v) is 13.1. The second kappa shape index (κ2) is 7.02. The molecule has 1 atom stereocenters. The summed E-state index contributed by atoms with van der Waals surface area (Å²) in [5.41, 5.74) is 1.39. The normalized spacial score (nSPS) is 19.6. The first-order chi connectivity index (χ1) is 9.61. The number of rotatable bonds is 2. The van der Waals surface area contributed by atoms with Crippen LogP contribution in [0.5, 0.6) is 0 Å². The van der Waals surface area contributed by atoms with Crippen LogP contribution in [0.1, 0.15) is 44.6 Å². The van der Waals surface area contributed by atoms with Gasteiger partial charge in [0.2, 0.25) is 0 Å². The molecule has 110 valence electrons. The highest BCUT2D eigenvalue weighted by Gasteiger charge is 2.21. The van der Waals surface area contributed by atoms with Crippen LogP contribution in [0.25, 0.3) is 0 Å². The van der Waals surface area contributed by atoms with Crippen molar-refractivity contribution in [1.82, 2.24) is 4.90 Å². The number of hydrogen-bond donors (Lipinski definition) is 1. The van der Waals surface area contributed by atoms with Crippen molar-refractivity contribution in [2.45, 2.75) is 52.0 Å². The molecule has 0 bridgehead atoms. The minimum absolute atomic E-state index is 0.194. The van der Waals surface area contributed by atoms with E-state index < -0.39 is 0 Å². The number of nitrogens with one attached hydrogen (secondary N) is 1. The lowest BCUT2D eigenvalue weighted by Gasteiger charge is -2.32. The molecule has 1 aliphatic heterocycles. The molecule has 1 aromatic carbocycles. The lowest BCUT2D eigenvalue weighted by atomic mass is 10.1. The summed E-state index contributed by atoms with van der Waals surface area (Å²) in [5, 5.41) is 3.91. The highest BCUT2D eigenvalue weighted by molar-refractivity contribution is 7.80. The van der Waals surface area contributed by atoms with E-state index in [4.69, 9.17) is 12.2 Å². The van der Waals surface area contributed by atoms with E-state index in [1.54, 1.807) is 13.0 Å². The van der Waals surface area contributed by atoms with Crippen molar-refractivity contribution in [2.75, 3.05) is 11.9 Å². The van der Waals surface area contributed by atoms with E-state index in [9.17, 15) is 4.39 Å². The first-order valence-electron chi connectivity index (χ1n) is 7.45. The van der Waals surface area contributed by atoms with Gasteiger partial charge in [-0.2, -0.15) is 0 Å². The zero-order chi connectivity index (χ0) is 14.5. The molecule has 0 aromatic heterocycles. The highest BCUT2D eigenvalue weighted by Crippen LogP contribution is 2.21. The molecule has 0 radical (unpaired) electrons. The summed E-state index contributed by atoms with van der Waals surface area (Å²) in [4.78, 5) is 2.28. The van der Waals surface area contributed by atoms with Crippen molar-refractivity contribution in [3.8, 4) is 0 Å². The van der Waals surface area contributed by atoms with E-state index in [0.717, 1.165) is 23.8 Å². The van der Waals surface area contributed by atoms with Gasteiger partial charge in [0.25, 0.3) is 0 Å². The van der Waals surface area contributed by atoms with Crippen molar-refractivity contribution >= 4 is 23.0 Å². The Kier molecular flexibility index (Phi) is 5.35. The fourth-order valence-electron chi connectivity index (χ4n) is 2.74. The molecule has 1 fully saturated rings. The molecule has 1 N–H and O–H groups in total. The van der Waals surface area contributed by atoms with E-state index in [1.165, 1.54) is 31.7 Å². The Labute approximate surface area is 126 Å². The highest BCUT2D eigenvalue weighted by atomic mass is 32.1. The number of anilines is 1. The lowest BCUT2D eigenvalue weighted by molar-refractivity contribution is 0.311. The van der Waals surface area contributed by atoms with Crippen LogP contribution in [0.3, 0.4) is 0 Å². The predicted octanol–water partition coefficient (Wildman–Crippen LogP) is 4.49. The third-order valence-corrected chi connectivity index (χ3v) is 4.37. The van der Waals surface area contributed by atoms with E-state index in [2.05, 4.69) is 17.1 Å². The van der Waals surface area contributed by atoms with Gasteiger partial charge in [-0.25, -0.2) is 4.39 Å². The van der Waals surface area contributed by atoms with Gasteiger partial charge in [0.15, 0.2) is 5.11 Å². The summed E-state index contributed by atoms with van der Waals surface area (Å²) in [7, 11) is 0. The van der Waals surface area contributed by atoms with Crippen LogP contribution in [0, 0.1) is 12.7 Å². The van der Waals surface area contributed by atoms with E-state index in [1.807, 2.05) is 6.07 Å². The molecule has 1 unspecified atom stereocenters.